The fourth-order valence-electron chi connectivity index (χ4n) is 2.82. The maximum atomic E-state index is 12.2. The number of aromatic nitrogens is 2. The largest absolute Gasteiger partial charge is 0.343 e. The lowest BCUT2D eigenvalue weighted by Gasteiger charge is -2.16. The van der Waals surface area contributed by atoms with Crippen molar-refractivity contribution in [2.75, 3.05) is 18.0 Å². The minimum absolute atomic E-state index is 0.0921. The fourth-order valence-corrected chi connectivity index (χ4v) is 2.82. The topological polar surface area (TPSA) is 117 Å². The predicted octanol–water partition coefficient (Wildman–Crippen LogP) is 1.11. The lowest BCUT2D eigenvalue weighted by atomic mass is 10.2. The number of aryl methyl sites for hydroxylation is 1. The van der Waals surface area contributed by atoms with Gasteiger partial charge in [0.25, 0.3) is 5.91 Å². The van der Waals surface area contributed by atoms with Crippen LogP contribution in [0.3, 0.4) is 0 Å². The van der Waals surface area contributed by atoms with Crippen LogP contribution in [-0.4, -0.2) is 41.0 Å². The highest BCUT2D eigenvalue weighted by molar-refractivity contribution is 5.98. The molecule has 0 saturated carbocycles. The first-order chi connectivity index (χ1) is 12.9. The van der Waals surface area contributed by atoms with Crippen LogP contribution in [0, 0.1) is 6.92 Å². The van der Waals surface area contributed by atoms with E-state index in [9.17, 15) is 14.4 Å². The van der Waals surface area contributed by atoms with Crippen LogP contribution in [0.4, 0.5) is 5.69 Å². The van der Waals surface area contributed by atoms with Crippen LogP contribution in [0.1, 0.15) is 47.9 Å². The number of amides is 3. The average Bonchev–Trinajstić information content (AvgIpc) is 3.28. The summed E-state index contributed by atoms with van der Waals surface area (Å²) in [7, 11) is 0. The fraction of sp³-hybridized carbons (Fsp3) is 0.389. The third kappa shape index (κ3) is 4.49. The number of carbonyl (C=O) groups is 3. The molecule has 2 aromatic rings. The van der Waals surface area contributed by atoms with Gasteiger partial charge in [-0.1, -0.05) is 5.16 Å². The van der Waals surface area contributed by atoms with E-state index in [1.54, 1.807) is 43.0 Å². The van der Waals surface area contributed by atoms with E-state index in [1.807, 2.05) is 0 Å². The van der Waals surface area contributed by atoms with Gasteiger partial charge in [-0.2, -0.15) is 4.98 Å². The molecule has 1 unspecified atom stereocenters. The molecule has 2 heterocycles. The van der Waals surface area contributed by atoms with Gasteiger partial charge in [-0.25, -0.2) is 0 Å². The Hall–Kier alpha value is -3.23. The summed E-state index contributed by atoms with van der Waals surface area (Å²) in [5, 5.41) is 8.90. The standard InChI is InChI=1S/C18H21N5O4/c1-11(18-21-12(2)22-27-18)20-15(24)10-19-17(26)13-5-7-14(8-6-13)23-9-3-4-16(23)25/h5-8,11H,3-4,9-10H2,1-2H3,(H,19,26)(H,20,24). The average molecular weight is 371 g/mol. The maximum Gasteiger partial charge on any atom is 0.251 e. The molecule has 27 heavy (non-hydrogen) atoms. The molecule has 1 fully saturated rings. The molecule has 1 atom stereocenters. The van der Waals surface area contributed by atoms with Gasteiger partial charge in [0.2, 0.25) is 17.7 Å². The van der Waals surface area contributed by atoms with Gasteiger partial charge in [-0.05, 0) is 44.5 Å². The highest BCUT2D eigenvalue weighted by Crippen LogP contribution is 2.21. The zero-order chi connectivity index (χ0) is 19.4. The number of nitrogens with one attached hydrogen (secondary N) is 2. The summed E-state index contributed by atoms with van der Waals surface area (Å²) in [6.45, 7) is 3.92. The van der Waals surface area contributed by atoms with Gasteiger partial charge in [0.15, 0.2) is 5.82 Å². The van der Waals surface area contributed by atoms with Crippen LogP contribution in [0.15, 0.2) is 28.8 Å². The van der Waals surface area contributed by atoms with E-state index in [4.69, 9.17) is 4.52 Å². The third-order valence-corrected chi connectivity index (χ3v) is 4.22. The summed E-state index contributed by atoms with van der Waals surface area (Å²) in [6.07, 6.45) is 1.40. The first kappa shape index (κ1) is 18.6. The molecule has 2 N–H and O–H groups in total. The Labute approximate surface area is 156 Å². The molecule has 0 bridgehead atoms. The quantitative estimate of drug-likeness (QED) is 0.785. The van der Waals surface area contributed by atoms with Crippen LogP contribution < -0.4 is 15.5 Å². The Morgan fingerprint density at radius 2 is 2.04 bits per heavy atom. The lowest BCUT2D eigenvalue weighted by molar-refractivity contribution is -0.121. The van der Waals surface area contributed by atoms with Crippen molar-refractivity contribution in [1.29, 1.82) is 0 Å². The summed E-state index contributed by atoms with van der Waals surface area (Å²) in [4.78, 5) is 41.7. The number of nitrogens with zero attached hydrogens (tertiary/aromatic N) is 3. The van der Waals surface area contributed by atoms with Gasteiger partial charge in [0.1, 0.15) is 6.04 Å². The van der Waals surface area contributed by atoms with Crippen molar-refractivity contribution in [3.05, 3.63) is 41.5 Å². The first-order valence-electron chi connectivity index (χ1n) is 8.72. The normalized spacial score (nSPS) is 14.9. The number of anilines is 1. The molecule has 1 aliphatic rings. The molecule has 1 aromatic carbocycles. The summed E-state index contributed by atoms with van der Waals surface area (Å²) in [5.74, 6) is 0.142. The van der Waals surface area contributed by atoms with Gasteiger partial charge in [-0.15, -0.1) is 0 Å². The Morgan fingerprint density at radius 3 is 2.63 bits per heavy atom. The molecule has 1 aliphatic heterocycles. The minimum Gasteiger partial charge on any atom is -0.343 e. The van der Waals surface area contributed by atoms with E-state index in [0.29, 0.717) is 30.2 Å². The van der Waals surface area contributed by atoms with E-state index in [1.165, 1.54) is 0 Å². The van der Waals surface area contributed by atoms with E-state index in [2.05, 4.69) is 20.8 Å². The molecular weight excluding hydrogens is 350 g/mol. The molecule has 3 amide bonds. The minimum atomic E-state index is -0.451. The summed E-state index contributed by atoms with van der Waals surface area (Å²) in [5.41, 5.74) is 1.19. The Morgan fingerprint density at radius 1 is 1.30 bits per heavy atom. The first-order valence-corrected chi connectivity index (χ1v) is 8.72. The molecule has 9 nitrogen and oxygen atoms in total. The van der Waals surface area contributed by atoms with Crippen molar-refractivity contribution in [3.63, 3.8) is 0 Å². The van der Waals surface area contributed by atoms with Crippen molar-refractivity contribution in [2.24, 2.45) is 0 Å². The summed E-state index contributed by atoms with van der Waals surface area (Å²) < 4.78 is 4.99. The Bertz CT molecular complexity index is 846. The van der Waals surface area contributed by atoms with E-state index < -0.39 is 6.04 Å². The smallest absolute Gasteiger partial charge is 0.251 e. The van der Waals surface area contributed by atoms with Gasteiger partial charge >= 0.3 is 0 Å². The van der Waals surface area contributed by atoms with E-state index >= 15 is 0 Å². The Balaban J connectivity index is 1.50. The van der Waals surface area contributed by atoms with Crippen molar-refractivity contribution in [3.8, 4) is 0 Å². The van der Waals surface area contributed by atoms with Crippen LogP contribution in [0.5, 0.6) is 0 Å². The van der Waals surface area contributed by atoms with Gasteiger partial charge in [0.05, 0.1) is 6.54 Å². The second-order valence-corrected chi connectivity index (χ2v) is 6.35. The highest BCUT2D eigenvalue weighted by Gasteiger charge is 2.22. The van der Waals surface area contributed by atoms with Crippen LogP contribution >= 0.6 is 0 Å². The van der Waals surface area contributed by atoms with Gasteiger partial charge < -0.3 is 20.1 Å². The zero-order valence-corrected chi connectivity index (χ0v) is 15.2. The molecule has 3 rings (SSSR count). The summed E-state index contributed by atoms with van der Waals surface area (Å²) in [6, 6.07) is 6.29. The molecular formula is C18H21N5O4. The molecule has 1 saturated heterocycles. The number of rotatable bonds is 6. The molecule has 9 heteroatoms. The van der Waals surface area contributed by atoms with Crippen LogP contribution in [0.2, 0.25) is 0 Å². The van der Waals surface area contributed by atoms with Crippen molar-refractivity contribution < 1.29 is 18.9 Å². The molecule has 0 spiro atoms. The monoisotopic (exact) mass is 371 g/mol. The maximum absolute atomic E-state index is 12.2. The van der Waals surface area contributed by atoms with Crippen LogP contribution in [-0.2, 0) is 9.59 Å². The number of hydrogen-bond donors (Lipinski definition) is 2. The SMILES string of the molecule is Cc1noc(C(C)NC(=O)CNC(=O)c2ccc(N3CCCC3=O)cc2)n1. The van der Waals surface area contributed by atoms with E-state index in [-0.39, 0.29) is 24.3 Å². The molecule has 1 aromatic heterocycles. The van der Waals surface area contributed by atoms with E-state index in [0.717, 1.165) is 12.1 Å². The number of carbonyl (C=O) groups excluding carboxylic acids is 3. The predicted molar refractivity (Wildman–Crippen MR) is 96.0 cm³/mol. The lowest BCUT2D eigenvalue weighted by Crippen LogP contribution is -2.38. The van der Waals surface area contributed by atoms with Crippen molar-refractivity contribution in [2.45, 2.75) is 32.7 Å². The molecule has 142 valence electrons. The molecule has 0 radical (unpaired) electrons. The third-order valence-electron chi connectivity index (χ3n) is 4.22. The Kier molecular flexibility index (Phi) is 5.49. The second-order valence-electron chi connectivity index (χ2n) is 6.35. The van der Waals surface area contributed by atoms with Gasteiger partial charge in [-0.3, -0.25) is 14.4 Å². The van der Waals surface area contributed by atoms with Crippen molar-refractivity contribution in [1.82, 2.24) is 20.8 Å². The molecule has 0 aliphatic carbocycles. The van der Waals surface area contributed by atoms with Crippen LogP contribution in [0.25, 0.3) is 0 Å². The number of benzene rings is 1. The second kappa shape index (κ2) is 7.98. The summed E-state index contributed by atoms with van der Waals surface area (Å²) >= 11 is 0. The van der Waals surface area contributed by atoms with Gasteiger partial charge in [0, 0.05) is 24.2 Å². The highest BCUT2D eigenvalue weighted by atomic mass is 16.5. The number of hydrogen-bond acceptors (Lipinski definition) is 6. The van der Waals surface area contributed by atoms with Crippen molar-refractivity contribution >= 4 is 23.4 Å². The zero-order valence-electron chi connectivity index (χ0n) is 15.2.